The SMILES string of the molecule is CCC(C)OC(=O)C(C(=O)O)C(=O)C1CCCC1.O=C(O)C1CCCC1. The highest BCUT2D eigenvalue weighted by atomic mass is 16.5. The number of rotatable bonds is 7. The first-order valence-corrected chi connectivity index (χ1v) is 9.47. The molecule has 7 heteroatoms. The average Bonchev–Trinajstić information content (AvgIpc) is 3.28. The van der Waals surface area contributed by atoms with Crippen LogP contribution in [0.5, 0.6) is 0 Å². The Morgan fingerprint density at radius 3 is 1.73 bits per heavy atom. The Bertz CT molecular complexity index is 502. The lowest BCUT2D eigenvalue weighted by atomic mass is 9.91. The molecule has 0 bridgehead atoms. The Labute approximate surface area is 154 Å². The molecule has 2 N–H and O–H groups in total. The van der Waals surface area contributed by atoms with Gasteiger partial charge in [0.2, 0.25) is 5.92 Å². The van der Waals surface area contributed by atoms with Crippen molar-refractivity contribution in [2.45, 2.75) is 77.7 Å². The number of hydrogen-bond donors (Lipinski definition) is 2. The summed E-state index contributed by atoms with van der Waals surface area (Å²) in [7, 11) is 0. The topological polar surface area (TPSA) is 118 Å². The van der Waals surface area contributed by atoms with Gasteiger partial charge in [0.05, 0.1) is 12.0 Å². The van der Waals surface area contributed by atoms with Gasteiger partial charge in [-0.25, -0.2) is 0 Å². The van der Waals surface area contributed by atoms with E-state index in [4.69, 9.17) is 14.9 Å². The van der Waals surface area contributed by atoms with Gasteiger partial charge in [-0.1, -0.05) is 32.6 Å². The number of ketones is 1. The van der Waals surface area contributed by atoms with Crippen molar-refractivity contribution in [3.05, 3.63) is 0 Å². The summed E-state index contributed by atoms with van der Waals surface area (Å²) in [5.41, 5.74) is 0. The average molecular weight is 370 g/mol. The minimum absolute atomic E-state index is 0.0185. The molecule has 2 atom stereocenters. The van der Waals surface area contributed by atoms with E-state index in [9.17, 15) is 19.2 Å². The maximum absolute atomic E-state index is 12.0. The maximum atomic E-state index is 12.0. The van der Waals surface area contributed by atoms with Crippen LogP contribution in [0.3, 0.4) is 0 Å². The first-order chi connectivity index (χ1) is 12.3. The fourth-order valence-corrected chi connectivity index (χ4v) is 3.31. The lowest BCUT2D eigenvalue weighted by molar-refractivity contribution is -0.165. The molecule has 0 spiro atoms. The van der Waals surface area contributed by atoms with Gasteiger partial charge < -0.3 is 14.9 Å². The van der Waals surface area contributed by atoms with Gasteiger partial charge >= 0.3 is 17.9 Å². The van der Waals surface area contributed by atoms with Crippen molar-refractivity contribution >= 4 is 23.7 Å². The third kappa shape index (κ3) is 6.77. The highest BCUT2D eigenvalue weighted by molar-refractivity contribution is 6.15. The van der Waals surface area contributed by atoms with E-state index in [0.29, 0.717) is 19.3 Å². The van der Waals surface area contributed by atoms with E-state index in [2.05, 4.69) is 0 Å². The van der Waals surface area contributed by atoms with E-state index in [0.717, 1.165) is 38.5 Å². The summed E-state index contributed by atoms with van der Waals surface area (Å²) in [6, 6.07) is 0. The van der Waals surface area contributed by atoms with Crippen LogP contribution in [-0.4, -0.2) is 40.0 Å². The van der Waals surface area contributed by atoms with Gasteiger partial charge in [-0.05, 0) is 39.0 Å². The Hall–Kier alpha value is -1.92. The number of Topliss-reactive ketones (excluding diaryl/α,β-unsaturated/α-hetero) is 1. The van der Waals surface area contributed by atoms with E-state index in [-0.39, 0.29) is 17.9 Å². The highest BCUT2D eigenvalue weighted by Crippen LogP contribution is 2.28. The Kier molecular flexibility index (Phi) is 9.30. The molecule has 0 heterocycles. The van der Waals surface area contributed by atoms with Gasteiger partial charge in [-0.15, -0.1) is 0 Å². The van der Waals surface area contributed by atoms with Gasteiger partial charge in [0, 0.05) is 5.92 Å². The first-order valence-electron chi connectivity index (χ1n) is 9.47. The lowest BCUT2D eigenvalue weighted by Crippen LogP contribution is -2.37. The summed E-state index contributed by atoms with van der Waals surface area (Å²) in [6.45, 7) is 3.50. The molecule has 0 aromatic heterocycles. The molecule has 0 amide bonds. The molecule has 2 aliphatic carbocycles. The fourth-order valence-electron chi connectivity index (χ4n) is 3.31. The van der Waals surface area contributed by atoms with Gasteiger partial charge in [0.25, 0.3) is 0 Å². The van der Waals surface area contributed by atoms with Crippen LogP contribution >= 0.6 is 0 Å². The molecule has 2 saturated carbocycles. The smallest absolute Gasteiger partial charge is 0.328 e. The van der Waals surface area contributed by atoms with Crippen LogP contribution < -0.4 is 0 Å². The normalized spacial score (nSPS) is 19.9. The molecule has 2 rings (SSSR count). The molecule has 2 unspecified atom stereocenters. The van der Waals surface area contributed by atoms with Crippen LogP contribution in [-0.2, 0) is 23.9 Å². The summed E-state index contributed by atoms with van der Waals surface area (Å²) >= 11 is 0. The minimum atomic E-state index is -1.65. The molecule has 0 aromatic carbocycles. The van der Waals surface area contributed by atoms with Gasteiger partial charge in [0.15, 0.2) is 5.78 Å². The number of carboxylic acid groups (broad SMARTS) is 2. The zero-order chi connectivity index (χ0) is 19.7. The number of esters is 1. The molecule has 0 aromatic rings. The van der Waals surface area contributed by atoms with Crippen molar-refractivity contribution in [1.29, 1.82) is 0 Å². The van der Waals surface area contributed by atoms with E-state index in [1.54, 1.807) is 6.92 Å². The zero-order valence-electron chi connectivity index (χ0n) is 15.6. The molecule has 0 radical (unpaired) electrons. The number of carbonyl (C=O) groups excluding carboxylic acids is 2. The van der Waals surface area contributed by atoms with Crippen molar-refractivity contribution < 1.29 is 34.1 Å². The Morgan fingerprint density at radius 1 is 0.923 bits per heavy atom. The van der Waals surface area contributed by atoms with E-state index >= 15 is 0 Å². The van der Waals surface area contributed by atoms with Gasteiger partial charge in [-0.3, -0.25) is 19.2 Å². The van der Waals surface area contributed by atoms with Crippen molar-refractivity contribution in [3.63, 3.8) is 0 Å². The van der Waals surface area contributed by atoms with Crippen LogP contribution in [0, 0.1) is 17.8 Å². The largest absolute Gasteiger partial charge is 0.481 e. The second-order valence-corrected chi connectivity index (χ2v) is 7.13. The van der Waals surface area contributed by atoms with Crippen molar-refractivity contribution in [2.24, 2.45) is 17.8 Å². The first kappa shape index (κ1) is 22.1. The van der Waals surface area contributed by atoms with Crippen LogP contribution in [0.2, 0.25) is 0 Å². The minimum Gasteiger partial charge on any atom is -0.481 e. The number of aliphatic carboxylic acids is 2. The molecule has 2 aliphatic rings. The molecular formula is C19H30O7. The number of hydrogen-bond acceptors (Lipinski definition) is 5. The van der Waals surface area contributed by atoms with Gasteiger partial charge in [0.1, 0.15) is 0 Å². The number of carboxylic acids is 2. The Balaban J connectivity index is 0.000000350. The third-order valence-corrected chi connectivity index (χ3v) is 5.12. The third-order valence-electron chi connectivity index (χ3n) is 5.12. The molecule has 148 valence electrons. The van der Waals surface area contributed by atoms with Crippen LogP contribution in [0.25, 0.3) is 0 Å². The standard InChI is InChI=1S/C13H20O5.C6H10O2/c1-3-8(2)18-13(17)10(12(15)16)11(14)9-6-4-5-7-9;7-6(8)5-3-1-2-4-5/h8-10H,3-7H2,1-2H3,(H,15,16);5H,1-4H2,(H,7,8). The predicted octanol–water partition coefficient (Wildman–Crippen LogP) is 3.05. The van der Waals surface area contributed by atoms with Crippen molar-refractivity contribution in [1.82, 2.24) is 0 Å². The number of ether oxygens (including phenoxy) is 1. The molecule has 7 nitrogen and oxygen atoms in total. The van der Waals surface area contributed by atoms with Crippen LogP contribution in [0.4, 0.5) is 0 Å². The molecule has 0 aliphatic heterocycles. The second-order valence-electron chi connectivity index (χ2n) is 7.13. The zero-order valence-corrected chi connectivity index (χ0v) is 15.6. The predicted molar refractivity (Wildman–Crippen MR) is 93.5 cm³/mol. The summed E-state index contributed by atoms with van der Waals surface area (Å²) in [5.74, 6) is -5.39. The maximum Gasteiger partial charge on any atom is 0.328 e. The monoisotopic (exact) mass is 370 g/mol. The highest BCUT2D eigenvalue weighted by Gasteiger charge is 2.40. The molecular weight excluding hydrogens is 340 g/mol. The second kappa shape index (κ2) is 10.9. The quantitative estimate of drug-likeness (QED) is 0.522. The van der Waals surface area contributed by atoms with E-state index in [1.807, 2.05) is 6.92 Å². The molecule has 26 heavy (non-hydrogen) atoms. The summed E-state index contributed by atoms with van der Waals surface area (Å²) in [4.78, 5) is 45.0. The van der Waals surface area contributed by atoms with Crippen molar-refractivity contribution in [2.75, 3.05) is 0 Å². The summed E-state index contributed by atoms with van der Waals surface area (Å²) in [5, 5.41) is 17.5. The molecule has 0 saturated heterocycles. The van der Waals surface area contributed by atoms with E-state index in [1.165, 1.54) is 0 Å². The lowest BCUT2D eigenvalue weighted by Gasteiger charge is -2.17. The Morgan fingerprint density at radius 2 is 1.38 bits per heavy atom. The van der Waals surface area contributed by atoms with Crippen LogP contribution in [0.15, 0.2) is 0 Å². The van der Waals surface area contributed by atoms with E-state index < -0.39 is 29.6 Å². The van der Waals surface area contributed by atoms with Gasteiger partial charge in [-0.2, -0.15) is 0 Å². The van der Waals surface area contributed by atoms with Crippen LogP contribution in [0.1, 0.15) is 71.6 Å². The number of carbonyl (C=O) groups is 4. The molecule has 2 fully saturated rings. The fraction of sp³-hybridized carbons (Fsp3) is 0.789. The summed E-state index contributed by atoms with van der Waals surface area (Å²) in [6.07, 6.45) is 7.44. The summed E-state index contributed by atoms with van der Waals surface area (Å²) < 4.78 is 4.96. The van der Waals surface area contributed by atoms with Crippen molar-refractivity contribution in [3.8, 4) is 0 Å².